The number of carbonyl (C=O) groups is 2. The van der Waals surface area contributed by atoms with Gasteiger partial charge in [0, 0.05) is 37.4 Å². The first kappa shape index (κ1) is 15.9. The molecule has 1 unspecified atom stereocenters. The van der Waals surface area contributed by atoms with Gasteiger partial charge in [-0.05, 0) is 32.8 Å². The smallest absolute Gasteiger partial charge is 0.308 e. The van der Waals surface area contributed by atoms with Crippen molar-refractivity contribution in [2.24, 2.45) is 11.3 Å². The molecule has 1 N–H and O–H groups in total. The zero-order chi connectivity index (χ0) is 16.6. The number of rotatable bonds is 2. The first-order valence-electron chi connectivity index (χ1n) is 7.83. The van der Waals surface area contributed by atoms with E-state index in [-0.39, 0.29) is 17.9 Å². The van der Waals surface area contributed by atoms with E-state index >= 15 is 0 Å². The zero-order valence-corrected chi connectivity index (χ0v) is 13.4. The highest BCUT2D eigenvalue weighted by atomic mass is 16.5. The van der Waals surface area contributed by atoms with Crippen LogP contribution in [0.1, 0.15) is 34.8 Å². The van der Waals surface area contributed by atoms with Gasteiger partial charge in [0.1, 0.15) is 11.5 Å². The van der Waals surface area contributed by atoms with Gasteiger partial charge in [0.2, 0.25) is 0 Å². The number of aryl methyl sites for hydroxylation is 2. The molecule has 2 fully saturated rings. The van der Waals surface area contributed by atoms with Gasteiger partial charge in [-0.2, -0.15) is 0 Å². The maximum atomic E-state index is 12.8. The molecule has 0 aromatic carbocycles. The predicted molar refractivity (Wildman–Crippen MR) is 81.0 cm³/mol. The Kier molecular flexibility index (Phi) is 4.06. The van der Waals surface area contributed by atoms with E-state index in [2.05, 4.69) is 9.97 Å². The van der Waals surface area contributed by atoms with Crippen molar-refractivity contribution in [2.75, 3.05) is 26.3 Å². The maximum Gasteiger partial charge on any atom is 0.308 e. The molecular weight excluding hydrogens is 298 g/mol. The van der Waals surface area contributed by atoms with Gasteiger partial charge < -0.3 is 14.7 Å². The van der Waals surface area contributed by atoms with Gasteiger partial charge >= 0.3 is 5.97 Å². The number of carbonyl (C=O) groups excluding carboxylic acids is 1. The largest absolute Gasteiger partial charge is 0.481 e. The van der Waals surface area contributed by atoms with Crippen LogP contribution in [0.3, 0.4) is 0 Å². The van der Waals surface area contributed by atoms with Crippen LogP contribution < -0.4 is 0 Å². The second-order valence-electron chi connectivity index (χ2n) is 6.49. The molecule has 7 heteroatoms. The van der Waals surface area contributed by atoms with Crippen molar-refractivity contribution in [3.63, 3.8) is 0 Å². The highest BCUT2D eigenvalue weighted by molar-refractivity contribution is 5.93. The van der Waals surface area contributed by atoms with Crippen LogP contribution in [0.2, 0.25) is 0 Å². The SMILES string of the molecule is Cc1cc(C(=O)N2CC(C(=O)O)C3(CCOCC3)C2)nc(C)n1. The van der Waals surface area contributed by atoms with E-state index < -0.39 is 11.9 Å². The first-order chi connectivity index (χ1) is 10.9. The molecule has 0 radical (unpaired) electrons. The average Bonchev–Trinajstić information content (AvgIpc) is 2.85. The van der Waals surface area contributed by atoms with Crippen molar-refractivity contribution in [3.8, 4) is 0 Å². The van der Waals surface area contributed by atoms with Gasteiger partial charge in [-0.25, -0.2) is 9.97 Å². The van der Waals surface area contributed by atoms with Crippen molar-refractivity contribution in [1.29, 1.82) is 0 Å². The summed E-state index contributed by atoms with van der Waals surface area (Å²) in [6.07, 6.45) is 1.35. The molecule has 2 saturated heterocycles. The molecule has 1 spiro atoms. The summed E-state index contributed by atoms with van der Waals surface area (Å²) in [5.41, 5.74) is 0.690. The molecule has 2 aliphatic heterocycles. The highest BCUT2D eigenvalue weighted by Crippen LogP contribution is 2.44. The second kappa shape index (κ2) is 5.88. The fourth-order valence-electron chi connectivity index (χ4n) is 3.74. The highest BCUT2D eigenvalue weighted by Gasteiger charge is 2.52. The van der Waals surface area contributed by atoms with Crippen molar-refractivity contribution in [2.45, 2.75) is 26.7 Å². The fraction of sp³-hybridized carbons (Fsp3) is 0.625. The van der Waals surface area contributed by atoms with Crippen LogP contribution in [0.4, 0.5) is 0 Å². The zero-order valence-electron chi connectivity index (χ0n) is 13.4. The molecular formula is C16H21N3O4. The number of carboxylic acid groups (broad SMARTS) is 1. The summed E-state index contributed by atoms with van der Waals surface area (Å²) in [6.45, 7) is 5.35. The van der Waals surface area contributed by atoms with E-state index in [0.29, 0.717) is 44.1 Å². The van der Waals surface area contributed by atoms with Gasteiger partial charge in [-0.1, -0.05) is 0 Å². The van der Waals surface area contributed by atoms with Gasteiger partial charge in [0.25, 0.3) is 5.91 Å². The number of hydrogen-bond donors (Lipinski definition) is 1. The summed E-state index contributed by atoms with van der Waals surface area (Å²) in [5.74, 6) is -1.05. The number of amides is 1. The second-order valence-corrected chi connectivity index (χ2v) is 6.49. The van der Waals surface area contributed by atoms with E-state index in [4.69, 9.17) is 4.74 Å². The van der Waals surface area contributed by atoms with E-state index in [9.17, 15) is 14.7 Å². The number of aromatic nitrogens is 2. The molecule has 1 aromatic heterocycles. The van der Waals surface area contributed by atoms with Crippen LogP contribution in [-0.4, -0.2) is 58.2 Å². The van der Waals surface area contributed by atoms with Crippen molar-refractivity contribution >= 4 is 11.9 Å². The first-order valence-corrected chi connectivity index (χ1v) is 7.83. The van der Waals surface area contributed by atoms with Gasteiger partial charge in [0.05, 0.1) is 5.92 Å². The number of nitrogens with zero attached hydrogens (tertiary/aromatic N) is 3. The summed E-state index contributed by atoms with van der Waals surface area (Å²) >= 11 is 0. The Morgan fingerprint density at radius 1 is 1.30 bits per heavy atom. The molecule has 23 heavy (non-hydrogen) atoms. The van der Waals surface area contributed by atoms with Crippen LogP contribution in [0.5, 0.6) is 0 Å². The molecule has 1 atom stereocenters. The molecule has 7 nitrogen and oxygen atoms in total. The van der Waals surface area contributed by atoms with Crippen LogP contribution in [0, 0.1) is 25.2 Å². The maximum absolute atomic E-state index is 12.8. The van der Waals surface area contributed by atoms with Crippen LogP contribution in [0.15, 0.2) is 6.07 Å². The molecule has 2 aliphatic rings. The molecule has 1 amide bonds. The Labute approximate surface area is 134 Å². The Balaban J connectivity index is 1.86. The molecule has 0 aliphatic carbocycles. The van der Waals surface area contributed by atoms with Gasteiger partial charge in [0.15, 0.2) is 0 Å². The Hall–Kier alpha value is -2.02. The minimum atomic E-state index is -0.836. The predicted octanol–water partition coefficient (Wildman–Crippen LogP) is 1.05. The van der Waals surface area contributed by atoms with Crippen molar-refractivity contribution < 1.29 is 19.4 Å². The normalized spacial score (nSPS) is 23.2. The lowest BCUT2D eigenvalue weighted by Crippen LogP contribution is -2.40. The van der Waals surface area contributed by atoms with Gasteiger partial charge in [-0.3, -0.25) is 9.59 Å². The molecule has 0 bridgehead atoms. The van der Waals surface area contributed by atoms with Crippen LogP contribution >= 0.6 is 0 Å². The van der Waals surface area contributed by atoms with E-state index in [1.165, 1.54) is 0 Å². The Bertz CT molecular complexity index is 620. The van der Waals surface area contributed by atoms with E-state index in [1.807, 2.05) is 6.92 Å². The lowest BCUT2D eigenvalue weighted by Gasteiger charge is -2.36. The van der Waals surface area contributed by atoms with E-state index in [1.54, 1.807) is 17.9 Å². The van der Waals surface area contributed by atoms with Crippen LogP contribution in [-0.2, 0) is 9.53 Å². The lowest BCUT2D eigenvalue weighted by atomic mass is 9.72. The average molecular weight is 319 g/mol. The molecule has 124 valence electrons. The third kappa shape index (κ3) is 2.93. The molecule has 3 heterocycles. The summed E-state index contributed by atoms with van der Waals surface area (Å²) in [5, 5.41) is 9.58. The summed E-state index contributed by atoms with van der Waals surface area (Å²) < 4.78 is 5.38. The fourth-order valence-corrected chi connectivity index (χ4v) is 3.74. The van der Waals surface area contributed by atoms with Gasteiger partial charge in [-0.15, -0.1) is 0 Å². The standard InChI is InChI=1S/C16H21N3O4/c1-10-7-13(18-11(2)17-10)14(20)19-8-12(15(21)22)16(9-19)3-5-23-6-4-16/h7,12H,3-6,8-9H2,1-2H3,(H,21,22). The van der Waals surface area contributed by atoms with Crippen molar-refractivity contribution in [3.05, 3.63) is 23.3 Å². The number of hydrogen-bond acceptors (Lipinski definition) is 5. The summed E-state index contributed by atoms with van der Waals surface area (Å²) in [7, 11) is 0. The minimum Gasteiger partial charge on any atom is -0.481 e. The lowest BCUT2D eigenvalue weighted by molar-refractivity contribution is -0.146. The number of carboxylic acids is 1. The number of aliphatic carboxylic acids is 1. The van der Waals surface area contributed by atoms with E-state index in [0.717, 1.165) is 5.69 Å². The van der Waals surface area contributed by atoms with Crippen LogP contribution in [0.25, 0.3) is 0 Å². The Morgan fingerprint density at radius 2 is 2.00 bits per heavy atom. The third-order valence-electron chi connectivity index (χ3n) is 4.91. The topological polar surface area (TPSA) is 92.6 Å². The van der Waals surface area contributed by atoms with Crippen molar-refractivity contribution in [1.82, 2.24) is 14.9 Å². The molecule has 3 rings (SSSR count). The third-order valence-corrected chi connectivity index (χ3v) is 4.91. The monoisotopic (exact) mass is 319 g/mol. The molecule has 0 saturated carbocycles. The Morgan fingerprint density at radius 3 is 2.61 bits per heavy atom. The minimum absolute atomic E-state index is 0.215. The number of likely N-dealkylation sites (tertiary alicyclic amines) is 1. The summed E-state index contributed by atoms with van der Waals surface area (Å²) in [4.78, 5) is 34.5. The quantitative estimate of drug-likeness (QED) is 0.876. The molecule has 1 aromatic rings. The number of ether oxygens (including phenoxy) is 1. The summed E-state index contributed by atoms with van der Waals surface area (Å²) in [6, 6.07) is 1.65.